The van der Waals surface area contributed by atoms with E-state index in [-0.39, 0.29) is 0 Å². The van der Waals surface area contributed by atoms with Crippen LogP contribution in [0.2, 0.25) is 0 Å². The molecule has 0 spiro atoms. The van der Waals surface area contributed by atoms with Crippen LogP contribution in [0.5, 0.6) is 0 Å². The van der Waals surface area contributed by atoms with Gasteiger partial charge in [-0.15, -0.1) is 0 Å². The molecule has 0 aromatic heterocycles. The lowest BCUT2D eigenvalue weighted by Gasteiger charge is -2.17. The Kier molecular flexibility index (Phi) is 5.21. The molecule has 2 heteroatoms. The van der Waals surface area contributed by atoms with E-state index in [0.717, 1.165) is 26.1 Å². The molecular formula is C16H26N2. The Morgan fingerprint density at radius 1 is 1.22 bits per heavy atom. The summed E-state index contributed by atoms with van der Waals surface area (Å²) in [6.45, 7) is 5.10. The van der Waals surface area contributed by atoms with Crippen molar-refractivity contribution >= 4 is 0 Å². The van der Waals surface area contributed by atoms with Gasteiger partial charge in [-0.2, -0.15) is 0 Å². The van der Waals surface area contributed by atoms with Crippen molar-refractivity contribution in [2.24, 2.45) is 11.7 Å². The second kappa shape index (κ2) is 6.91. The highest BCUT2D eigenvalue weighted by molar-refractivity contribution is 5.33. The Balaban J connectivity index is 1.82. The highest BCUT2D eigenvalue weighted by Crippen LogP contribution is 2.22. The normalized spacial score (nSPS) is 16.3. The molecule has 2 nitrogen and oxygen atoms in total. The molecule has 18 heavy (non-hydrogen) atoms. The summed E-state index contributed by atoms with van der Waals surface area (Å²) >= 11 is 0. The zero-order valence-electron chi connectivity index (χ0n) is 11.5. The van der Waals surface area contributed by atoms with E-state index >= 15 is 0 Å². The summed E-state index contributed by atoms with van der Waals surface area (Å²) in [5, 5.41) is 3.54. The van der Waals surface area contributed by atoms with Crippen LogP contribution < -0.4 is 11.1 Å². The maximum Gasteiger partial charge on any atom is 0.0205 e. The summed E-state index contributed by atoms with van der Waals surface area (Å²) in [6.07, 6.45) is 6.37. The summed E-state index contributed by atoms with van der Waals surface area (Å²) in [5.41, 5.74) is 10.1. The van der Waals surface area contributed by atoms with E-state index in [9.17, 15) is 0 Å². The van der Waals surface area contributed by atoms with Gasteiger partial charge in [0.1, 0.15) is 0 Å². The van der Waals surface area contributed by atoms with E-state index in [2.05, 4.69) is 30.4 Å². The van der Waals surface area contributed by atoms with Crippen LogP contribution in [0, 0.1) is 5.92 Å². The minimum absolute atomic E-state index is 0.674. The Bertz CT molecular complexity index is 373. The maximum absolute atomic E-state index is 5.56. The quantitative estimate of drug-likeness (QED) is 0.810. The predicted octanol–water partition coefficient (Wildman–Crippen LogP) is 2.64. The van der Waals surface area contributed by atoms with Crippen LogP contribution >= 0.6 is 0 Å². The summed E-state index contributed by atoms with van der Waals surface area (Å²) in [6, 6.07) is 7.01. The SMILES string of the molecule is CC(CCN)CNCc1ccc2c(c1)CCCC2. The van der Waals surface area contributed by atoms with Gasteiger partial charge in [0.05, 0.1) is 0 Å². The molecule has 0 fully saturated rings. The van der Waals surface area contributed by atoms with Gasteiger partial charge >= 0.3 is 0 Å². The lowest BCUT2D eigenvalue weighted by molar-refractivity contribution is 0.486. The van der Waals surface area contributed by atoms with Gasteiger partial charge in [0.15, 0.2) is 0 Å². The third kappa shape index (κ3) is 3.82. The van der Waals surface area contributed by atoms with Crippen molar-refractivity contribution in [1.29, 1.82) is 0 Å². The molecule has 1 atom stereocenters. The number of fused-ring (bicyclic) bond motifs is 1. The third-order valence-corrected chi connectivity index (χ3v) is 3.89. The van der Waals surface area contributed by atoms with E-state index in [0.29, 0.717) is 5.92 Å². The molecule has 100 valence electrons. The van der Waals surface area contributed by atoms with E-state index in [1.165, 1.54) is 31.2 Å². The summed E-state index contributed by atoms with van der Waals surface area (Å²) in [5.74, 6) is 0.674. The van der Waals surface area contributed by atoms with Crippen molar-refractivity contribution in [3.8, 4) is 0 Å². The number of nitrogens with two attached hydrogens (primary N) is 1. The fourth-order valence-corrected chi connectivity index (χ4v) is 2.75. The monoisotopic (exact) mass is 246 g/mol. The predicted molar refractivity (Wildman–Crippen MR) is 77.6 cm³/mol. The molecular weight excluding hydrogens is 220 g/mol. The Morgan fingerprint density at radius 2 is 2.00 bits per heavy atom. The molecule has 0 saturated heterocycles. The van der Waals surface area contributed by atoms with E-state index in [4.69, 9.17) is 5.73 Å². The van der Waals surface area contributed by atoms with Crippen LogP contribution in [0.3, 0.4) is 0 Å². The second-order valence-corrected chi connectivity index (χ2v) is 5.62. The van der Waals surface area contributed by atoms with Gasteiger partial charge < -0.3 is 11.1 Å². The molecule has 1 aromatic carbocycles. The standard InChI is InChI=1S/C16H26N2/c1-13(8-9-17)11-18-12-14-6-7-15-4-2-3-5-16(15)10-14/h6-7,10,13,18H,2-5,8-9,11-12,17H2,1H3. The van der Waals surface area contributed by atoms with Crippen molar-refractivity contribution < 1.29 is 0 Å². The molecule has 0 bridgehead atoms. The molecule has 1 aliphatic rings. The topological polar surface area (TPSA) is 38.0 Å². The van der Waals surface area contributed by atoms with Gasteiger partial charge in [0.25, 0.3) is 0 Å². The van der Waals surface area contributed by atoms with Crippen molar-refractivity contribution in [3.05, 3.63) is 34.9 Å². The van der Waals surface area contributed by atoms with Crippen molar-refractivity contribution in [2.75, 3.05) is 13.1 Å². The Labute approximate surface area is 111 Å². The lowest BCUT2D eigenvalue weighted by atomic mass is 9.90. The van der Waals surface area contributed by atoms with Crippen molar-refractivity contribution in [1.82, 2.24) is 5.32 Å². The molecule has 0 heterocycles. The number of aryl methyl sites for hydroxylation is 2. The fraction of sp³-hybridized carbons (Fsp3) is 0.625. The molecule has 0 radical (unpaired) electrons. The van der Waals surface area contributed by atoms with Gasteiger partial charge in [0, 0.05) is 6.54 Å². The minimum atomic E-state index is 0.674. The lowest BCUT2D eigenvalue weighted by Crippen LogP contribution is -2.22. The van der Waals surface area contributed by atoms with Crippen LogP contribution in [0.25, 0.3) is 0 Å². The van der Waals surface area contributed by atoms with Crippen LogP contribution in [0.15, 0.2) is 18.2 Å². The smallest absolute Gasteiger partial charge is 0.0205 e. The van der Waals surface area contributed by atoms with Gasteiger partial charge in [-0.25, -0.2) is 0 Å². The number of benzene rings is 1. The Morgan fingerprint density at radius 3 is 2.78 bits per heavy atom. The first-order chi connectivity index (χ1) is 8.79. The molecule has 1 unspecified atom stereocenters. The molecule has 0 aliphatic heterocycles. The maximum atomic E-state index is 5.56. The highest BCUT2D eigenvalue weighted by atomic mass is 14.9. The highest BCUT2D eigenvalue weighted by Gasteiger charge is 2.09. The largest absolute Gasteiger partial charge is 0.330 e. The van der Waals surface area contributed by atoms with Gasteiger partial charge in [0.2, 0.25) is 0 Å². The molecule has 1 aliphatic carbocycles. The number of hydrogen-bond donors (Lipinski definition) is 2. The zero-order valence-corrected chi connectivity index (χ0v) is 11.5. The molecule has 0 amide bonds. The molecule has 0 saturated carbocycles. The zero-order chi connectivity index (χ0) is 12.8. The van der Waals surface area contributed by atoms with Crippen LogP contribution in [0.1, 0.15) is 42.9 Å². The number of hydrogen-bond acceptors (Lipinski definition) is 2. The third-order valence-electron chi connectivity index (χ3n) is 3.89. The van der Waals surface area contributed by atoms with E-state index in [1.54, 1.807) is 11.1 Å². The average molecular weight is 246 g/mol. The first kappa shape index (κ1) is 13.6. The number of nitrogens with one attached hydrogen (secondary N) is 1. The first-order valence-corrected chi connectivity index (χ1v) is 7.31. The van der Waals surface area contributed by atoms with Crippen LogP contribution in [0.4, 0.5) is 0 Å². The molecule has 2 rings (SSSR count). The summed E-state index contributed by atoms with van der Waals surface area (Å²) in [7, 11) is 0. The average Bonchev–Trinajstić information content (AvgIpc) is 2.39. The van der Waals surface area contributed by atoms with E-state index < -0.39 is 0 Å². The number of rotatable bonds is 6. The summed E-state index contributed by atoms with van der Waals surface area (Å²) in [4.78, 5) is 0. The molecule has 1 aromatic rings. The Hall–Kier alpha value is -0.860. The fourth-order valence-electron chi connectivity index (χ4n) is 2.75. The van der Waals surface area contributed by atoms with Gasteiger partial charge in [-0.05, 0) is 67.8 Å². The van der Waals surface area contributed by atoms with Gasteiger partial charge in [-0.3, -0.25) is 0 Å². The first-order valence-electron chi connectivity index (χ1n) is 7.31. The van der Waals surface area contributed by atoms with Crippen molar-refractivity contribution in [3.63, 3.8) is 0 Å². The van der Waals surface area contributed by atoms with Crippen LogP contribution in [-0.2, 0) is 19.4 Å². The van der Waals surface area contributed by atoms with Crippen LogP contribution in [-0.4, -0.2) is 13.1 Å². The minimum Gasteiger partial charge on any atom is -0.330 e. The second-order valence-electron chi connectivity index (χ2n) is 5.62. The molecule has 3 N–H and O–H groups in total. The van der Waals surface area contributed by atoms with E-state index in [1.807, 2.05) is 0 Å². The van der Waals surface area contributed by atoms with Crippen molar-refractivity contribution in [2.45, 2.75) is 45.6 Å². The summed E-state index contributed by atoms with van der Waals surface area (Å²) < 4.78 is 0. The van der Waals surface area contributed by atoms with Gasteiger partial charge in [-0.1, -0.05) is 25.1 Å².